The van der Waals surface area contributed by atoms with E-state index >= 15 is 0 Å². The lowest BCUT2D eigenvalue weighted by Gasteiger charge is -2.10. The number of halogens is 1. The first-order valence-corrected chi connectivity index (χ1v) is 5.39. The Labute approximate surface area is 103 Å². The summed E-state index contributed by atoms with van der Waals surface area (Å²) in [6, 6.07) is 7.19. The first-order valence-electron chi connectivity index (χ1n) is 4.96. The molecule has 1 aromatic heterocycles. The van der Waals surface area contributed by atoms with Crippen LogP contribution in [0.2, 0.25) is 0 Å². The summed E-state index contributed by atoms with van der Waals surface area (Å²) in [6.07, 6.45) is 1.45. The summed E-state index contributed by atoms with van der Waals surface area (Å²) in [6.45, 7) is 1.61. The van der Waals surface area contributed by atoms with Gasteiger partial charge < -0.3 is 5.32 Å². The van der Waals surface area contributed by atoms with Gasteiger partial charge >= 0.3 is 0 Å². The van der Waals surface area contributed by atoms with Crippen molar-refractivity contribution in [3.05, 3.63) is 30.6 Å². The van der Waals surface area contributed by atoms with Crippen LogP contribution in [0.15, 0.2) is 30.6 Å². The molecule has 0 saturated carbocycles. The Morgan fingerprint density at radius 1 is 1.47 bits per heavy atom. The molecule has 88 valence electrons. The van der Waals surface area contributed by atoms with Gasteiger partial charge in [-0.3, -0.25) is 4.79 Å². The Morgan fingerprint density at radius 2 is 2.24 bits per heavy atom. The molecule has 0 aliphatic rings. The second-order valence-electron chi connectivity index (χ2n) is 3.38. The van der Waals surface area contributed by atoms with Crippen molar-refractivity contribution in [1.29, 1.82) is 0 Å². The van der Waals surface area contributed by atoms with Crippen LogP contribution in [0.1, 0.15) is 6.92 Å². The number of anilines is 1. The number of hydrogen-bond donors (Lipinski definition) is 1. The summed E-state index contributed by atoms with van der Waals surface area (Å²) in [5.74, 6) is -0.271. The third-order valence-electron chi connectivity index (χ3n) is 2.12. The minimum absolute atomic E-state index is 0.271. The fourth-order valence-electron chi connectivity index (χ4n) is 1.28. The summed E-state index contributed by atoms with van der Waals surface area (Å²) >= 11 is 5.70. The molecule has 6 nitrogen and oxygen atoms in total. The van der Waals surface area contributed by atoms with Gasteiger partial charge in [0.05, 0.1) is 11.4 Å². The van der Waals surface area contributed by atoms with Gasteiger partial charge in [0.2, 0.25) is 5.91 Å². The van der Waals surface area contributed by atoms with Gasteiger partial charge in [0.25, 0.3) is 0 Å². The maximum atomic E-state index is 11.5. The molecule has 0 bridgehead atoms. The molecule has 7 heteroatoms. The van der Waals surface area contributed by atoms with Gasteiger partial charge in [0.1, 0.15) is 11.7 Å². The maximum absolute atomic E-state index is 11.5. The Balaban J connectivity index is 2.32. The number of aromatic nitrogens is 4. The number of nitrogens with zero attached hydrogens (tertiary/aromatic N) is 4. The normalized spacial score (nSPS) is 12.1. The standard InChI is InChI=1S/C10H10ClN5O/c1-7(11)10(17)13-8-4-2-3-5-9(8)16-6-12-14-15-16/h2-7H,1H3,(H,13,17). The molecule has 0 fully saturated rings. The van der Waals surface area contributed by atoms with Crippen LogP contribution in [-0.2, 0) is 4.79 Å². The van der Waals surface area contributed by atoms with Crippen LogP contribution in [0.3, 0.4) is 0 Å². The highest BCUT2D eigenvalue weighted by molar-refractivity contribution is 6.32. The molecular weight excluding hydrogens is 242 g/mol. The van der Waals surface area contributed by atoms with Gasteiger partial charge in [0, 0.05) is 0 Å². The predicted octanol–water partition coefficient (Wildman–Crippen LogP) is 1.23. The van der Waals surface area contributed by atoms with Crippen molar-refractivity contribution in [2.45, 2.75) is 12.3 Å². The number of amides is 1. The Kier molecular flexibility index (Phi) is 3.34. The fourth-order valence-corrected chi connectivity index (χ4v) is 1.34. The number of tetrazole rings is 1. The zero-order valence-corrected chi connectivity index (χ0v) is 9.80. The second kappa shape index (κ2) is 4.92. The van der Waals surface area contributed by atoms with Gasteiger partial charge in [-0.2, -0.15) is 4.68 Å². The van der Waals surface area contributed by atoms with Crippen LogP contribution in [0.5, 0.6) is 0 Å². The molecule has 0 radical (unpaired) electrons. The topological polar surface area (TPSA) is 72.7 Å². The van der Waals surface area contributed by atoms with E-state index in [1.54, 1.807) is 19.1 Å². The minimum atomic E-state index is -0.600. The third kappa shape index (κ3) is 2.59. The number of carbonyl (C=O) groups excluding carboxylic acids is 1. The largest absolute Gasteiger partial charge is 0.323 e. The van der Waals surface area contributed by atoms with Crippen molar-refractivity contribution in [3.63, 3.8) is 0 Å². The minimum Gasteiger partial charge on any atom is -0.323 e. The van der Waals surface area contributed by atoms with Crippen molar-refractivity contribution in [3.8, 4) is 5.69 Å². The maximum Gasteiger partial charge on any atom is 0.242 e. The van der Waals surface area contributed by atoms with Crippen LogP contribution in [0.25, 0.3) is 5.69 Å². The molecule has 0 aliphatic heterocycles. The Bertz CT molecular complexity index is 511. The summed E-state index contributed by atoms with van der Waals surface area (Å²) in [7, 11) is 0. The lowest BCUT2D eigenvalue weighted by Crippen LogP contribution is -2.21. The molecule has 17 heavy (non-hydrogen) atoms. The van der Waals surface area contributed by atoms with E-state index in [2.05, 4.69) is 20.8 Å². The number of hydrogen-bond acceptors (Lipinski definition) is 4. The second-order valence-corrected chi connectivity index (χ2v) is 4.03. The van der Waals surface area contributed by atoms with Crippen molar-refractivity contribution in [2.75, 3.05) is 5.32 Å². The summed E-state index contributed by atoms with van der Waals surface area (Å²) in [5, 5.41) is 13.0. The van der Waals surface area contributed by atoms with Crippen LogP contribution in [0.4, 0.5) is 5.69 Å². The number of para-hydroxylation sites is 2. The van der Waals surface area contributed by atoms with Gasteiger partial charge in [-0.1, -0.05) is 12.1 Å². The molecule has 2 aromatic rings. The van der Waals surface area contributed by atoms with E-state index in [1.807, 2.05) is 12.1 Å². The Morgan fingerprint density at radius 3 is 2.88 bits per heavy atom. The molecule has 1 N–H and O–H groups in total. The first-order chi connectivity index (χ1) is 8.18. The number of nitrogens with one attached hydrogen (secondary N) is 1. The van der Waals surface area contributed by atoms with Crippen molar-refractivity contribution >= 4 is 23.2 Å². The fraction of sp³-hybridized carbons (Fsp3) is 0.200. The summed E-state index contributed by atoms with van der Waals surface area (Å²) < 4.78 is 1.47. The van der Waals surface area contributed by atoms with E-state index in [0.717, 1.165) is 0 Å². The van der Waals surface area contributed by atoms with E-state index < -0.39 is 5.38 Å². The summed E-state index contributed by atoms with van der Waals surface area (Å²) in [5.41, 5.74) is 1.29. The van der Waals surface area contributed by atoms with E-state index in [0.29, 0.717) is 11.4 Å². The van der Waals surface area contributed by atoms with E-state index in [1.165, 1.54) is 11.0 Å². The highest BCUT2D eigenvalue weighted by Gasteiger charge is 2.12. The molecule has 1 amide bonds. The smallest absolute Gasteiger partial charge is 0.242 e. The van der Waals surface area contributed by atoms with Crippen LogP contribution in [-0.4, -0.2) is 31.5 Å². The van der Waals surface area contributed by atoms with E-state index in [4.69, 9.17) is 11.6 Å². The van der Waals surface area contributed by atoms with Gasteiger partial charge in [0.15, 0.2) is 0 Å². The van der Waals surface area contributed by atoms with Gasteiger partial charge in [-0.05, 0) is 29.5 Å². The van der Waals surface area contributed by atoms with Crippen LogP contribution >= 0.6 is 11.6 Å². The molecule has 0 saturated heterocycles. The van der Waals surface area contributed by atoms with Crippen LogP contribution in [0, 0.1) is 0 Å². The zero-order valence-electron chi connectivity index (χ0n) is 9.04. The van der Waals surface area contributed by atoms with Crippen LogP contribution < -0.4 is 5.32 Å². The predicted molar refractivity (Wildman–Crippen MR) is 63.1 cm³/mol. The highest BCUT2D eigenvalue weighted by Crippen LogP contribution is 2.18. The molecule has 0 spiro atoms. The molecule has 2 rings (SSSR count). The average Bonchev–Trinajstić information content (AvgIpc) is 2.83. The first kappa shape index (κ1) is 11.5. The molecule has 1 unspecified atom stereocenters. The van der Waals surface area contributed by atoms with E-state index in [9.17, 15) is 4.79 Å². The van der Waals surface area contributed by atoms with Gasteiger partial charge in [-0.25, -0.2) is 0 Å². The number of benzene rings is 1. The van der Waals surface area contributed by atoms with Gasteiger partial charge in [-0.15, -0.1) is 16.7 Å². The summed E-state index contributed by atoms with van der Waals surface area (Å²) in [4.78, 5) is 11.5. The lowest BCUT2D eigenvalue weighted by atomic mass is 10.2. The third-order valence-corrected chi connectivity index (χ3v) is 2.32. The van der Waals surface area contributed by atoms with E-state index in [-0.39, 0.29) is 5.91 Å². The van der Waals surface area contributed by atoms with Crippen molar-refractivity contribution in [2.24, 2.45) is 0 Å². The Hall–Kier alpha value is -1.95. The number of carbonyl (C=O) groups is 1. The number of rotatable bonds is 3. The molecule has 1 aromatic carbocycles. The monoisotopic (exact) mass is 251 g/mol. The lowest BCUT2D eigenvalue weighted by molar-refractivity contribution is -0.115. The average molecular weight is 252 g/mol. The molecule has 1 atom stereocenters. The zero-order chi connectivity index (χ0) is 12.3. The molecule has 1 heterocycles. The SMILES string of the molecule is CC(Cl)C(=O)Nc1ccccc1-n1cnnn1. The molecule has 0 aliphatic carbocycles. The highest BCUT2D eigenvalue weighted by atomic mass is 35.5. The quantitative estimate of drug-likeness (QED) is 0.833. The molecular formula is C10H10ClN5O. The van der Waals surface area contributed by atoms with Crippen molar-refractivity contribution < 1.29 is 4.79 Å². The number of alkyl halides is 1. The van der Waals surface area contributed by atoms with Crippen molar-refractivity contribution in [1.82, 2.24) is 20.2 Å².